The third kappa shape index (κ3) is 3.47. The molecule has 0 bridgehead atoms. The summed E-state index contributed by atoms with van der Waals surface area (Å²) in [5.74, 6) is 1.97. The van der Waals surface area contributed by atoms with Crippen LogP contribution in [0.2, 0.25) is 0 Å². The minimum absolute atomic E-state index is 0.292. The SMILES string of the molecule is COc1ccccc1OC(C)(c1ccccc1OC)C(CN)OC. The van der Waals surface area contributed by atoms with E-state index < -0.39 is 5.60 Å². The Morgan fingerprint density at radius 1 is 0.875 bits per heavy atom. The summed E-state index contributed by atoms with van der Waals surface area (Å²) in [6.07, 6.45) is -0.376. The standard InChI is InChI=1S/C19H25NO4/c1-19(18(13-20)23-4,14-9-5-6-10-15(14)21-2)24-17-12-8-7-11-16(17)22-3/h5-12,18H,13,20H2,1-4H3. The van der Waals surface area contributed by atoms with E-state index in [4.69, 9.17) is 24.7 Å². The summed E-state index contributed by atoms with van der Waals surface area (Å²) < 4.78 is 22.9. The molecule has 130 valence electrons. The van der Waals surface area contributed by atoms with Crippen LogP contribution >= 0.6 is 0 Å². The first kappa shape index (κ1) is 18.1. The molecule has 0 spiro atoms. The van der Waals surface area contributed by atoms with Gasteiger partial charge in [0.05, 0.1) is 14.2 Å². The van der Waals surface area contributed by atoms with Crippen LogP contribution in [0.15, 0.2) is 48.5 Å². The topological polar surface area (TPSA) is 62.9 Å². The molecule has 5 heteroatoms. The fourth-order valence-corrected chi connectivity index (χ4v) is 2.83. The molecule has 0 aliphatic carbocycles. The third-order valence-electron chi connectivity index (χ3n) is 4.15. The van der Waals surface area contributed by atoms with Gasteiger partial charge in [0, 0.05) is 19.2 Å². The second-order valence-electron chi connectivity index (χ2n) is 5.52. The normalized spacial score (nSPS) is 14.5. The summed E-state index contributed by atoms with van der Waals surface area (Å²) in [6.45, 7) is 2.23. The van der Waals surface area contributed by atoms with Gasteiger partial charge >= 0.3 is 0 Å². The van der Waals surface area contributed by atoms with Gasteiger partial charge in [0.15, 0.2) is 17.1 Å². The van der Waals surface area contributed by atoms with Crippen LogP contribution in [0, 0.1) is 0 Å². The Kier molecular flexibility index (Phi) is 6.06. The molecule has 0 saturated carbocycles. The lowest BCUT2D eigenvalue weighted by Crippen LogP contribution is -2.47. The Labute approximate surface area is 143 Å². The predicted octanol–water partition coefficient (Wildman–Crippen LogP) is 2.97. The molecule has 2 rings (SSSR count). The van der Waals surface area contributed by atoms with Crippen molar-refractivity contribution in [2.75, 3.05) is 27.9 Å². The summed E-state index contributed by atoms with van der Waals surface area (Å²) in [6, 6.07) is 15.2. The number of ether oxygens (including phenoxy) is 4. The summed E-state index contributed by atoms with van der Waals surface area (Å²) in [4.78, 5) is 0. The molecule has 0 amide bonds. The molecule has 0 heterocycles. The van der Waals surface area contributed by atoms with Crippen molar-refractivity contribution in [1.29, 1.82) is 0 Å². The van der Waals surface area contributed by atoms with Gasteiger partial charge in [-0.25, -0.2) is 0 Å². The molecule has 24 heavy (non-hydrogen) atoms. The lowest BCUT2D eigenvalue weighted by atomic mass is 9.88. The van der Waals surface area contributed by atoms with Gasteiger partial charge in [-0.2, -0.15) is 0 Å². The van der Waals surface area contributed by atoms with E-state index in [1.165, 1.54) is 0 Å². The quantitative estimate of drug-likeness (QED) is 0.806. The van der Waals surface area contributed by atoms with E-state index in [1.807, 2.05) is 55.5 Å². The Bertz CT molecular complexity index is 657. The summed E-state index contributed by atoms with van der Waals surface area (Å²) in [5.41, 5.74) is 5.95. The van der Waals surface area contributed by atoms with Crippen molar-refractivity contribution in [3.05, 3.63) is 54.1 Å². The predicted molar refractivity (Wildman–Crippen MR) is 93.8 cm³/mol. The average Bonchev–Trinajstić information content (AvgIpc) is 2.63. The van der Waals surface area contributed by atoms with E-state index in [1.54, 1.807) is 21.3 Å². The molecule has 5 nitrogen and oxygen atoms in total. The Morgan fingerprint density at radius 3 is 1.96 bits per heavy atom. The molecule has 2 atom stereocenters. The molecule has 2 aromatic carbocycles. The van der Waals surface area contributed by atoms with Crippen molar-refractivity contribution in [3.63, 3.8) is 0 Å². The minimum Gasteiger partial charge on any atom is -0.496 e. The number of nitrogens with two attached hydrogens (primary N) is 1. The maximum Gasteiger partial charge on any atom is 0.162 e. The lowest BCUT2D eigenvalue weighted by Gasteiger charge is -2.38. The van der Waals surface area contributed by atoms with Gasteiger partial charge in [0.2, 0.25) is 0 Å². The van der Waals surface area contributed by atoms with Gasteiger partial charge in [-0.1, -0.05) is 30.3 Å². The summed E-state index contributed by atoms with van der Waals surface area (Å²) in [7, 11) is 4.86. The third-order valence-corrected chi connectivity index (χ3v) is 4.15. The van der Waals surface area contributed by atoms with Crippen molar-refractivity contribution < 1.29 is 18.9 Å². The highest BCUT2D eigenvalue weighted by Crippen LogP contribution is 2.40. The fourth-order valence-electron chi connectivity index (χ4n) is 2.83. The molecule has 0 aromatic heterocycles. The number of benzene rings is 2. The van der Waals surface area contributed by atoms with Crippen LogP contribution in [0.3, 0.4) is 0 Å². The van der Waals surface area contributed by atoms with Crippen molar-refractivity contribution in [2.24, 2.45) is 5.73 Å². The van der Waals surface area contributed by atoms with Gasteiger partial charge in [-0.05, 0) is 25.1 Å². The lowest BCUT2D eigenvalue weighted by molar-refractivity contribution is -0.0656. The second-order valence-corrected chi connectivity index (χ2v) is 5.52. The first-order chi connectivity index (χ1) is 11.6. The van der Waals surface area contributed by atoms with Crippen molar-refractivity contribution in [1.82, 2.24) is 0 Å². The summed E-state index contributed by atoms with van der Waals surface area (Å²) in [5, 5.41) is 0. The van der Waals surface area contributed by atoms with Crippen molar-refractivity contribution in [2.45, 2.75) is 18.6 Å². The molecule has 0 fully saturated rings. The highest BCUT2D eigenvalue weighted by Gasteiger charge is 2.41. The molecular formula is C19H25NO4. The second kappa shape index (κ2) is 8.04. The Hall–Kier alpha value is -2.24. The zero-order valence-corrected chi connectivity index (χ0v) is 14.6. The van der Waals surface area contributed by atoms with Crippen molar-refractivity contribution in [3.8, 4) is 17.2 Å². The number of methoxy groups -OCH3 is 3. The smallest absolute Gasteiger partial charge is 0.162 e. The molecule has 2 aromatic rings. The van der Waals surface area contributed by atoms with E-state index in [0.717, 1.165) is 5.56 Å². The zero-order valence-electron chi connectivity index (χ0n) is 14.6. The van der Waals surface area contributed by atoms with E-state index in [2.05, 4.69) is 0 Å². The molecule has 0 radical (unpaired) electrons. The van der Waals surface area contributed by atoms with Crippen LogP contribution in [0.4, 0.5) is 0 Å². The first-order valence-corrected chi connectivity index (χ1v) is 7.79. The highest BCUT2D eigenvalue weighted by molar-refractivity contribution is 5.44. The van der Waals surface area contributed by atoms with Crippen LogP contribution in [-0.2, 0) is 10.3 Å². The average molecular weight is 331 g/mol. The Morgan fingerprint density at radius 2 is 1.42 bits per heavy atom. The van der Waals surface area contributed by atoms with E-state index in [0.29, 0.717) is 23.8 Å². The van der Waals surface area contributed by atoms with Gasteiger partial charge in [0.25, 0.3) is 0 Å². The van der Waals surface area contributed by atoms with Crippen LogP contribution in [0.1, 0.15) is 12.5 Å². The number of hydrogen-bond donors (Lipinski definition) is 1. The minimum atomic E-state index is -0.856. The first-order valence-electron chi connectivity index (χ1n) is 7.79. The van der Waals surface area contributed by atoms with Gasteiger partial charge in [-0.3, -0.25) is 0 Å². The van der Waals surface area contributed by atoms with E-state index in [-0.39, 0.29) is 6.10 Å². The molecule has 2 N–H and O–H groups in total. The summed E-state index contributed by atoms with van der Waals surface area (Å²) >= 11 is 0. The molecule has 0 aliphatic rings. The van der Waals surface area contributed by atoms with Crippen LogP contribution < -0.4 is 19.9 Å². The molecule has 0 aliphatic heterocycles. The number of para-hydroxylation sites is 3. The molecule has 2 unspecified atom stereocenters. The van der Waals surface area contributed by atoms with E-state index in [9.17, 15) is 0 Å². The Balaban J connectivity index is 2.55. The van der Waals surface area contributed by atoms with Gasteiger partial charge in [0.1, 0.15) is 11.9 Å². The van der Waals surface area contributed by atoms with Crippen LogP contribution in [0.25, 0.3) is 0 Å². The molecule has 0 saturated heterocycles. The maximum atomic E-state index is 6.39. The van der Waals surface area contributed by atoms with Crippen molar-refractivity contribution >= 4 is 0 Å². The fraction of sp³-hybridized carbons (Fsp3) is 0.368. The van der Waals surface area contributed by atoms with E-state index >= 15 is 0 Å². The highest BCUT2D eigenvalue weighted by atomic mass is 16.6. The maximum absolute atomic E-state index is 6.39. The largest absolute Gasteiger partial charge is 0.496 e. The number of hydrogen-bond acceptors (Lipinski definition) is 5. The van der Waals surface area contributed by atoms with Gasteiger partial charge in [-0.15, -0.1) is 0 Å². The van der Waals surface area contributed by atoms with Crippen LogP contribution in [0.5, 0.6) is 17.2 Å². The zero-order chi connectivity index (χ0) is 17.6. The monoisotopic (exact) mass is 331 g/mol. The van der Waals surface area contributed by atoms with Crippen LogP contribution in [-0.4, -0.2) is 34.0 Å². The molecular weight excluding hydrogens is 306 g/mol. The van der Waals surface area contributed by atoms with Gasteiger partial charge < -0.3 is 24.7 Å². The number of rotatable bonds is 8.